The number of fused-ring (bicyclic) bond motifs is 3. The van der Waals surface area contributed by atoms with Crippen molar-refractivity contribution in [1.82, 2.24) is 0 Å². The van der Waals surface area contributed by atoms with E-state index in [0.29, 0.717) is 23.1 Å². The number of allylic oxidation sites excluding steroid dienone is 2. The van der Waals surface area contributed by atoms with Crippen LogP contribution in [-0.2, 0) is 10.0 Å². The van der Waals surface area contributed by atoms with E-state index in [4.69, 9.17) is 14.2 Å². The Bertz CT molecular complexity index is 1370. The van der Waals surface area contributed by atoms with Crippen molar-refractivity contribution < 1.29 is 22.6 Å². The third-order valence-corrected chi connectivity index (χ3v) is 8.13. The van der Waals surface area contributed by atoms with Crippen LogP contribution in [0.4, 0.5) is 11.4 Å². The van der Waals surface area contributed by atoms with E-state index in [0.717, 1.165) is 23.4 Å². The zero-order valence-corrected chi connectivity index (χ0v) is 20.6. The summed E-state index contributed by atoms with van der Waals surface area (Å²) in [6.45, 7) is 0. The van der Waals surface area contributed by atoms with E-state index in [2.05, 4.69) is 34.3 Å². The Morgan fingerprint density at radius 3 is 2.34 bits per heavy atom. The normalized spacial score (nSPS) is 20.4. The Hall–Kier alpha value is -3.65. The van der Waals surface area contributed by atoms with Crippen molar-refractivity contribution >= 4 is 21.4 Å². The fourth-order valence-corrected chi connectivity index (χ4v) is 6.07. The molecule has 0 aromatic heterocycles. The van der Waals surface area contributed by atoms with Crippen LogP contribution in [0.15, 0.2) is 77.7 Å². The van der Waals surface area contributed by atoms with Crippen molar-refractivity contribution in [2.75, 3.05) is 31.4 Å². The molecule has 0 spiro atoms. The minimum Gasteiger partial charge on any atom is -0.497 e. The quantitative estimate of drug-likeness (QED) is 0.433. The molecule has 0 fully saturated rings. The number of nitrogens with one attached hydrogen (secondary N) is 2. The highest BCUT2D eigenvalue weighted by atomic mass is 32.2. The van der Waals surface area contributed by atoms with Gasteiger partial charge in [-0.1, -0.05) is 24.3 Å². The molecule has 1 aliphatic heterocycles. The van der Waals surface area contributed by atoms with Crippen LogP contribution in [0.2, 0.25) is 0 Å². The molecule has 0 saturated heterocycles. The minimum atomic E-state index is -3.86. The molecule has 0 bridgehead atoms. The topological polar surface area (TPSA) is 85.9 Å². The van der Waals surface area contributed by atoms with E-state index in [-0.39, 0.29) is 16.9 Å². The van der Waals surface area contributed by atoms with Crippen LogP contribution in [0.5, 0.6) is 17.2 Å². The molecule has 0 radical (unpaired) electrons. The van der Waals surface area contributed by atoms with Gasteiger partial charge in [-0.3, -0.25) is 4.72 Å². The van der Waals surface area contributed by atoms with Crippen molar-refractivity contribution in [2.45, 2.75) is 23.3 Å². The lowest BCUT2D eigenvalue weighted by atomic mass is 9.77. The van der Waals surface area contributed by atoms with E-state index in [1.165, 1.54) is 19.8 Å². The SMILES string of the molecule is COc1ccc([C@H]2Nc3ccc(S(=O)(=O)Nc4cc(OC)ccc4OC)cc3[C@H]3C=CC[C@H]32)cc1. The third kappa shape index (κ3) is 4.30. The third-order valence-electron chi connectivity index (χ3n) is 6.77. The summed E-state index contributed by atoms with van der Waals surface area (Å²) in [6.07, 6.45) is 5.29. The smallest absolute Gasteiger partial charge is 0.262 e. The Morgan fingerprint density at radius 2 is 1.63 bits per heavy atom. The predicted molar refractivity (Wildman–Crippen MR) is 136 cm³/mol. The van der Waals surface area contributed by atoms with Gasteiger partial charge in [0.25, 0.3) is 10.0 Å². The fourth-order valence-electron chi connectivity index (χ4n) is 4.98. The van der Waals surface area contributed by atoms with E-state index in [1.54, 1.807) is 37.4 Å². The number of sulfonamides is 1. The molecule has 8 heteroatoms. The van der Waals surface area contributed by atoms with Gasteiger partial charge < -0.3 is 19.5 Å². The highest BCUT2D eigenvalue weighted by Gasteiger charge is 2.38. The Labute approximate surface area is 205 Å². The van der Waals surface area contributed by atoms with Crippen LogP contribution in [0.25, 0.3) is 0 Å². The second-order valence-corrected chi connectivity index (χ2v) is 10.4. The first-order chi connectivity index (χ1) is 16.9. The molecule has 35 heavy (non-hydrogen) atoms. The maximum Gasteiger partial charge on any atom is 0.262 e. The van der Waals surface area contributed by atoms with E-state index >= 15 is 0 Å². The number of benzene rings is 3. The Balaban J connectivity index is 1.47. The van der Waals surface area contributed by atoms with Crippen LogP contribution in [0.3, 0.4) is 0 Å². The molecule has 5 rings (SSSR count). The molecule has 3 aromatic rings. The molecule has 1 heterocycles. The number of hydrogen-bond donors (Lipinski definition) is 2. The maximum atomic E-state index is 13.3. The lowest BCUT2D eigenvalue weighted by Gasteiger charge is -2.37. The van der Waals surface area contributed by atoms with Crippen LogP contribution in [-0.4, -0.2) is 29.7 Å². The molecule has 2 N–H and O–H groups in total. The fraction of sp³-hybridized carbons (Fsp3) is 0.259. The molecule has 0 amide bonds. The summed E-state index contributed by atoms with van der Waals surface area (Å²) in [7, 11) is 0.826. The van der Waals surface area contributed by atoms with Crippen LogP contribution in [0, 0.1) is 5.92 Å². The summed E-state index contributed by atoms with van der Waals surface area (Å²) >= 11 is 0. The van der Waals surface area contributed by atoms with Crippen LogP contribution in [0.1, 0.15) is 29.5 Å². The number of anilines is 2. The average molecular weight is 493 g/mol. The predicted octanol–water partition coefficient (Wildman–Crippen LogP) is 5.34. The number of hydrogen-bond acceptors (Lipinski definition) is 6. The van der Waals surface area contributed by atoms with Crippen LogP contribution < -0.4 is 24.2 Å². The summed E-state index contributed by atoms with van der Waals surface area (Å²) in [5.74, 6) is 2.18. The van der Waals surface area contributed by atoms with Gasteiger partial charge in [-0.25, -0.2) is 8.42 Å². The van der Waals surface area contributed by atoms with E-state index in [9.17, 15) is 8.42 Å². The number of rotatable bonds is 7. The van der Waals surface area contributed by atoms with Gasteiger partial charge in [0.15, 0.2) is 0 Å². The highest BCUT2D eigenvalue weighted by Crippen LogP contribution is 2.50. The summed E-state index contributed by atoms with van der Waals surface area (Å²) in [5.41, 5.74) is 3.42. The molecule has 1 aliphatic carbocycles. The lowest BCUT2D eigenvalue weighted by molar-refractivity contribution is 0.405. The highest BCUT2D eigenvalue weighted by molar-refractivity contribution is 7.92. The van der Waals surface area contributed by atoms with Crippen molar-refractivity contribution in [3.63, 3.8) is 0 Å². The number of methoxy groups -OCH3 is 3. The molecule has 3 atom stereocenters. The van der Waals surface area contributed by atoms with E-state index in [1.807, 2.05) is 18.2 Å². The summed E-state index contributed by atoms with van der Waals surface area (Å²) in [4.78, 5) is 0.199. The van der Waals surface area contributed by atoms with Gasteiger partial charge in [0, 0.05) is 17.7 Å². The number of ether oxygens (including phenoxy) is 3. The molecule has 3 aromatic carbocycles. The van der Waals surface area contributed by atoms with Gasteiger partial charge in [0.05, 0.1) is 38.0 Å². The first kappa shape index (κ1) is 23.1. The van der Waals surface area contributed by atoms with Gasteiger partial charge in [0.1, 0.15) is 17.2 Å². The zero-order valence-electron chi connectivity index (χ0n) is 19.8. The zero-order chi connectivity index (χ0) is 24.6. The molecule has 7 nitrogen and oxygen atoms in total. The van der Waals surface area contributed by atoms with Crippen molar-refractivity contribution in [3.8, 4) is 17.2 Å². The second-order valence-electron chi connectivity index (χ2n) is 8.67. The van der Waals surface area contributed by atoms with Gasteiger partial charge in [-0.15, -0.1) is 0 Å². The molecular formula is C27H28N2O5S. The Kier molecular flexibility index (Phi) is 6.06. The average Bonchev–Trinajstić information content (AvgIpc) is 3.38. The van der Waals surface area contributed by atoms with Crippen LogP contribution >= 0.6 is 0 Å². The molecule has 182 valence electrons. The van der Waals surface area contributed by atoms with Gasteiger partial charge in [-0.2, -0.15) is 0 Å². The summed E-state index contributed by atoms with van der Waals surface area (Å²) < 4.78 is 45.2. The summed E-state index contributed by atoms with van der Waals surface area (Å²) in [6, 6.07) is 18.5. The van der Waals surface area contributed by atoms with Crippen molar-refractivity contribution in [3.05, 3.63) is 83.9 Å². The maximum absolute atomic E-state index is 13.3. The van der Waals surface area contributed by atoms with Gasteiger partial charge >= 0.3 is 0 Å². The monoisotopic (exact) mass is 492 g/mol. The second kappa shape index (κ2) is 9.19. The standard InChI is InChI=1S/C27H28N2O5S/c1-32-18-9-7-17(8-10-18)27-22-6-4-5-21(22)23-16-20(12-13-24(23)28-27)35(30,31)29-25-15-19(33-2)11-14-26(25)34-3/h4-5,7-16,21-22,27-29H,6H2,1-3H3/t21-,22+,27+/m0/s1. The Morgan fingerprint density at radius 1 is 0.886 bits per heavy atom. The van der Waals surface area contributed by atoms with E-state index < -0.39 is 10.0 Å². The molecule has 0 unspecified atom stereocenters. The lowest BCUT2D eigenvalue weighted by Crippen LogP contribution is -2.29. The van der Waals surface area contributed by atoms with Crippen molar-refractivity contribution in [1.29, 1.82) is 0 Å². The van der Waals surface area contributed by atoms with Crippen molar-refractivity contribution in [2.24, 2.45) is 5.92 Å². The molecule has 0 saturated carbocycles. The minimum absolute atomic E-state index is 0.120. The molecular weight excluding hydrogens is 464 g/mol. The van der Waals surface area contributed by atoms with Gasteiger partial charge in [0.2, 0.25) is 0 Å². The van der Waals surface area contributed by atoms with Gasteiger partial charge in [-0.05, 0) is 65.9 Å². The largest absolute Gasteiger partial charge is 0.497 e. The first-order valence-electron chi connectivity index (χ1n) is 11.4. The first-order valence-corrected chi connectivity index (χ1v) is 12.9. The molecule has 2 aliphatic rings. The summed E-state index contributed by atoms with van der Waals surface area (Å²) in [5, 5.41) is 3.65.